The maximum absolute atomic E-state index is 6.22. The molecule has 102 valence electrons. The zero-order valence-electron chi connectivity index (χ0n) is 10.6. The van der Waals surface area contributed by atoms with Gasteiger partial charge in [0.05, 0.1) is 0 Å². The van der Waals surface area contributed by atoms with Gasteiger partial charge in [-0.3, -0.25) is 0 Å². The van der Waals surface area contributed by atoms with Crippen LogP contribution in [-0.2, 0) is 5.41 Å². The van der Waals surface area contributed by atoms with E-state index in [9.17, 15) is 0 Å². The third-order valence-electron chi connectivity index (χ3n) is 3.10. The molecule has 0 atom stereocenters. The SMILES string of the molecule is CCSCCCC(CCl)(CCl)c1cccc(Br)c1. The predicted molar refractivity (Wildman–Crippen MR) is 89.5 cm³/mol. The molecule has 1 aromatic carbocycles. The minimum atomic E-state index is -0.0960. The van der Waals surface area contributed by atoms with Crippen molar-refractivity contribution in [2.45, 2.75) is 25.2 Å². The van der Waals surface area contributed by atoms with Crippen molar-refractivity contribution in [2.75, 3.05) is 23.3 Å². The van der Waals surface area contributed by atoms with Crippen molar-refractivity contribution in [1.82, 2.24) is 0 Å². The van der Waals surface area contributed by atoms with Crippen molar-refractivity contribution >= 4 is 50.9 Å². The minimum absolute atomic E-state index is 0.0960. The van der Waals surface area contributed by atoms with Gasteiger partial charge < -0.3 is 0 Å². The smallest absolute Gasteiger partial charge is 0.0332 e. The van der Waals surface area contributed by atoms with Crippen molar-refractivity contribution in [3.63, 3.8) is 0 Å². The molecule has 1 rings (SSSR count). The number of hydrogen-bond donors (Lipinski definition) is 0. The Balaban J connectivity index is 2.79. The summed E-state index contributed by atoms with van der Waals surface area (Å²) >= 11 is 17.9. The second kappa shape index (κ2) is 8.73. The summed E-state index contributed by atoms with van der Waals surface area (Å²) in [5.74, 6) is 3.50. The predicted octanol–water partition coefficient (Wildman–Crippen LogP) is 5.70. The number of rotatable bonds is 8. The molecular weight excluding hydrogens is 351 g/mol. The highest BCUT2D eigenvalue weighted by molar-refractivity contribution is 9.10. The van der Waals surface area contributed by atoms with Gasteiger partial charge in [-0.1, -0.05) is 35.0 Å². The molecule has 0 aliphatic heterocycles. The van der Waals surface area contributed by atoms with E-state index in [1.807, 2.05) is 23.9 Å². The number of halogens is 3. The quantitative estimate of drug-likeness (QED) is 0.418. The summed E-state index contributed by atoms with van der Waals surface area (Å²) in [6, 6.07) is 8.35. The first-order chi connectivity index (χ1) is 8.68. The fourth-order valence-corrected chi connectivity index (χ4v) is 3.84. The lowest BCUT2D eigenvalue weighted by molar-refractivity contribution is 0.487. The molecule has 0 fully saturated rings. The van der Waals surface area contributed by atoms with Crippen LogP contribution in [0.3, 0.4) is 0 Å². The van der Waals surface area contributed by atoms with Crippen LogP contribution < -0.4 is 0 Å². The molecule has 0 aliphatic rings. The Labute approximate surface area is 133 Å². The molecule has 1 aromatic rings. The van der Waals surface area contributed by atoms with Gasteiger partial charge in [0.2, 0.25) is 0 Å². The summed E-state index contributed by atoms with van der Waals surface area (Å²) < 4.78 is 1.09. The van der Waals surface area contributed by atoms with E-state index in [1.54, 1.807) is 0 Å². The van der Waals surface area contributed by atoms with E-state index in [-0.39, 0.29) is 5.41 Å². The van der Waals surface area contributed by atoms with Gasteiger partial charge in [0.1, 0.15) is 0 Å². The Morgan fingerprint density at radius 2 is 2.00 bits per heavy atom. The van der Waals surface area contributed by atoms with E-state index in [0.717, 1.165) is 17.3 Å². The molecule has 0 aromatic heterocycles. The van der Waals surface area contributed by atoms with Crippen LogP contribution in [0, 0.1) is 0 Å². The van der Waals surface area contributed by atoms with E-state index < -0.39 is 0 Å². The lowest BCUT2D eigenvalue weighted by atomic mass is 9.80. The second-order valence-corrected chi connectivity index (χ2v) is 7.20. The zero-order valence-corrected chi connectivity index (χ0v) is 14.5. The number of hydrogen-bond acceptors (Lipinski definition) is 1. The summed E-state index contributed by atoms with van der Waals surface area (Å²) in [6.07, 6.45) is 2.20. The molecule has 0 spiro atoms. The van der Waals surface area contributed by atoms with Crippen molar-refractivity contribution in [2.24, 2.45) is 0 Å². The van der Waals surface area contributed by atoms with Crippen molar-refractivity contribution in [3.05, 3.63) is 34.3 Å². The molecule has 0 saturated carbocycles. The third kappa shape index (κ3) is 4.63. The topological polar surface area (TPSA) is 0 Å². The Morgan fingerprint density at radius 1 is 1.28 bits per heavy atom. The Hall–Kier alpha value is 0.630. The molecule has 0 saturated heterocycles. The number of thioether (sulfide) groups is 1. The normalized spacial score (nSPS) is 11.8. The summed E-state index contributed by atoms with van der Waals surface area (Å²) in [7, 11) is 0. The third-order valence-corrected chi connectivity index (χ3v) is 5.60. The molecule has 0 aliphatic carbocycles. The van der Waals surface area contributed by atoms with Gasteiger partial charge in [-0.25, -0.2) is 0 Å². The number of alkyl halides is 2. The lowest BCUT2D eigenvalue weighted by Gasteiger charge is -2.30. The molecular formula is C14H19BrCl2S. The fourth-order valence-electron chi connectivity index (χ4n) is 1.94. The summed E-state index contributed by atoms with van der Waals surface area (Å²) in [5.41, 5.74) is 1.14. The highest BCUT2D eigenvalue weighted by Crippen LogP contribution is 2.34. The maximum Gasteiger partial charge on any atom is 0.0332 e. The van der Waals surface area contributed by atoms with Gasteiger partial charge in [-0.15, -0.1) is 23.2 Å². The monoisotopic (exact) mass is 368 g/mol. The van der Waals surface area contributed by atoms with Gasteiger partial charge in [-0.05, 0) is 42.0 Å². The molecule has 0 unspecified atom stereocenters. The first-order valence-corrected chi connectivity index (χ1v) is 9.16. The Morgan fingerprint density at radius 3 is 2.56 bits per heavy atom. The van der Waals surface area contributed by atoms with Gasteiger partial charge in [-0.2, -0.15) is 11.8 Å². The Kier molecular flexibility index (Phi) is 8.09. The zero-order chi connectivity index (χ0) is 13.4. The van der Waals surface area contributed by atoms with Crippen LogP contribution in [0.1, 0.15) is 25.3 Å². The minimum Gasteiger partial charge on any atom is -0.162 e. The van der Waals surface area contributed by atoms with Crippen LogP contribution >= 0.6 is 50.9 Å². The average molecular weight is 370 g/mol. The van der Waals surface area contributed by atoms with Gasteiger partial charge >= 0.3 is 0 Å². The van der Waals surface area contributed by atoms with Crippen molar-refractivity contribution in [1.29, 1.82) is 0 Å². The summed E-state index contributed by atoms with van der Waals surface area (Å²) in [4.78, 5) is 0. The maximum atomic E-state index is 6.22. The van der Waals surface area contributed by atoms with Gasteiger partial charge in [0, 0.05) is 21.6 Å². The van der Waals surface area contributed by atoms with E-state index in [4.69, 9.17) is 23.2 Å². The highest BCUT2D eigenvalue weighted by atomic mass is 79.9. The lowest BCUT2D eigenvalue weighted by Crippen LogP contribution is -2.30. The van der Waals surface area contributed by atoms with E-state index in [2.05, 4.69) is 35.0 Å². The number of benzene rings is 1. The molecule has 0 nitrogen and oxygen atoms in total. The second-order valence-electron chi connectivity index (χ2n) is 4.36. The first kappa shape index (κ1) is 16.7. The van der Waals surface area contributed by atoms with Crippen molar-refractivity contribution in [3.8, 4) is 0 Å². The average Bonchev–Trinajstić information content (AvgIpc) is 2.40. The highest BCUT2D eigenvalue weighted by Gasteiger charge is 2.30. The summed E-state index contributed by atoms with van der Waals surface area (Å²) in [6.45, 7) is 2.19. The largest absolute Gasteiger partial charge is 0.162 e. The van der Waals surface area contributed by atoms with Crippen LogP contribution in [0.5, 0.6) is 0 Å². The van der Waals surface area contributed by atoms with Gasteiger partial charge in [0.15, 0.2) is 0 Å². The summed E-state index contributed by atoms with van der Waals surface area (Å²) in [5, 5.41) is 0. The van der Waals surface area contributed by atoms with Crippen molar-refractivity contribution < 1.29 is 0 Å². The van der Waals surface area contributed by atoms with E-state index in [0.29, 0.717) is 11.8 Å². The van der Waals surface area contributed by atoms with Crippen LogP contribution in [0.15, 0.2) is 28.7 Å². The molecule has 4 heteroatoms. The van der Waals surface area contributed by atoms with E-state index in [1.165, 1.54) is 17.1 Å². The molecule has 18 heavy (non-hydrogen) atoms. The van der Waals surface area contributed by atoms with Crippen LogP contribution in [-0.4, -0.2) is 23.3 Å². The first-order valence-electron chi connectivity index (χ1n) is 6.14. The Bertz CT molecular complexity index is 353. The van der Waals surface area contributed by atoms with Crippen LogP contribution in [0.2, 0.25) is 0 Å². The molecule has 0 amide bonds. The van der Waals surface area contributed by atoms with Crippen LogP contribution in [0.25, 0.3) is 0 Å². The van der Waals surface area contributed by atoms with Crippen LogP contribution in [0.4, 0.5) is 0 Å². The molecule has 0 radical (unpaired) electrons. The standard InChI is InChI=1S/C14H19BrCl2S/c1-2-18-8-4-7-14(10-16,11-17)12-5-3-6-13(15)9-12/h3,5-6,9H,2,4,7-8,10-11H2,1H3. The van der Waals surface area contributed by atoms with Gasteiger partial charge in [0.25, 0.3) is 0 Å². The van der Waals surface area contributed by atoms with E-state index >= 15 is 0 Å². The molecule has 0 heterocycles. The fraction of sp³-hybridized carbons (Fsp3) is 0.571. The molecule has 0 bridgehead atoms. The molecule has 0 N–H and O–H groups in total.